The lowest BCUT2D eigenvalue weighted by Gasteiger charge is -2.14. The molecule has 0 aromatic rings. The number of aliphatic hydroxyl groups excluding tert-OH is 1. The Morgan fingerprint density at radius 3 is 2.38 bits per heavy atom. The second-order valence-corrected chi connectivity index (χ2v) is 1.47. The Morgan fingerprint density at radius 2 is 2.38 bits per heavy atom. The first-order chi connectivity index (χ1) is 3.72. The van der Waals surface area contributed by atoms with Crippen molar-refractivity contribution in [2.75, 3.05) is 6.54 Å². The van der Waals surface area contributed by atoms with E-state index in [0.717, 1.165) is 5.01 Å². The molecule has 1 unspecified atom stereocenters. The van der Waals surface area contributed by atoms with Crippen LogP contribution in [0.2, 0.25) is 0 Å². The van der Waals surface area contributed by atoms with Gasteiger partial charge in [0.05, 0.1) is 5.29 Å². The van der Waals surface area contributed by atoms with Gasteiger partial charge in [0, 0.05) is 6.54 Å². The lowest BCUT2D eigenvalue weighted by atomic mass is 10.6. The normalized spacial score (nSPS) is 12.9. The van der Waals surface area contributed by atoms with E-state index in [-0.39, 0.29) is 0 Å². The van der Waals surface area contributed by atoms with E-state index in [1.165, 1.54) is 6.92 Å². The molecule has 0 bridgehead atoms. The molecule has 0 aliphatic carbocycles. The Kier molecular flexibility index (Phi) is 3.10. The summed E-state index contributed by atoms with van der Waals surface area (Å²) < 4.78 is 0. The maximum Gasteiger partial charge on any atom is 0.142 e. The first-order valence-corrected chi connectivity index (χ1v) is 2.50. The second-order valence-electron chi connectivity index (χ2n) is 1.47. The highest BCUT2D eigenvalue weighted by Gasteiger charge is 2.03. The summed E-state index contributed by atoms with van der Waals surface area (Å²) in [6.45, 7) is 3.68. The zero-order valence-corrected chi connectivity index (χ0v) is 5.03. The smallest absolute Gasteiger partial charge is 0.142 e. The van der Waals surface area contributed by atoms with Crippen molar-refractivity contribution in [3.05, 3.63) is 4.91 Å². The molecule has 4 heteroatoms. The van der Waals surface area contributed by atoms with E-state index >= 15 is 0 Å². The first kappa shape index (κ1) is 7.36. The van der Waals surface area contributed by atoms with Gasteiger partial charge in [0.15, 0.2) is 0 Å². The summed E-state index contributed by atoms with van der Waals surface area (Å²) in [6, 6.07) is 0. The molecule has 0 fully saturated rings. The number of nitroso groups, excluding NO2 is 1. The van der Waals surface area contributed by atoms with Crippen molar-refractivity contribution in [1.29, 1.82) is 0 Å². The molecular weight excluding hydrogens is 108 g/mol. The molecule has 0 saturated carbocycles. The Balaban J connectivity index is 3.51. The lowest BCUT2D eigenvalue weighted by molar-refractivity contribution is 0.0230. The summed E-state index contributed by atoms with van der Waals surface area (Å²) in [6.07, 6.45) is -0.766. The van der Waals surface area contributed by atoms with Gasteiger partial charge in [-0.25, -0.2) is 5.01 Å². The van der Waals surface area contributed by atoms with E-state index in [1.807, 2.05) is 0 Å². The summed E-state index contributed by atoms with van der Waals surface area (Å²) in [7, 11) is 0. The van der Waals surface area contributed by atoms with Crippen molar-refractivity contribution >= 4 is 0 Å². The Morgan fingerprint density at radius 1 is 1.88 bits per heavy atom. The number of nitrogens with zero attached hydrogens (tertiary/aromatic N) is 2. The molecule has 8 heavy (non-hydrogen) atoms. The lowest BCUT2D eigenvalue weighted by Crippen LogP contribution is -2.26. The minimum Gasteiger partial charge on any atom is -0.372 e. The molecule has 0 radical (unpaired) electrons. The second kappa shape index (κ2) is 3.37. The maximum absolute atomic E-state index is 9.69. The predicted octanol–water partition coefficient (Wildman–Crippen LogP) is 0.328. The molecule has 0 aromatic heterocycles. The van der Waals surface area contributed by atoms with Crippen molar-refractivity contribution in [2.45, 2.75) is 20.1 Å². The highest BCUT2D eigenvalue weighted by atomic mass is 16.3. The fraction of sp³-hybridized carbons (Fsp3) is 1.00. The molecular formula is C4H10N2O2. The molecule has 0 aromatic carbocycles. The highest BCUT2D eigenvalue weighted by molar-refractivity contribution is 4.44. The minimum atomic E-state index is -0.766. The van der Waals surface area contributed by atoms with Gasteiger partial charge in [-0.2, -0.15) is 0 Å². The van der Waals surface area contributed by atoms with E-state index in [0.29, 0.717) is 6.54 Å². The van der Waals surface area contributed by atoms with E-state index in [2.05, 4.69) is 5.29 Å². The molecule has 0 heterocycles. The van der Waals surface area contributed by atoms with Gasteiger partial charge in [0.2, 0.25) is 0 Å². The first-order valence-electron chi connectivity index (χ1n) is 2.50. The fourth-order valence-corrected chi connectivity index (χ4v) is 0.390. The van der Waals surface area contributed by atoms with Gasteiger partial charge in [-0.05, 0) is 13.8 Å². The topological polar surface area (TPSA) is 52.9 Å². The zero-order valence-electron chi connectivity index (χ0n) is 5.03. The van der Waals surface area contributed by atoms with Crippen LogP contribution in [0.15, 0.2) is 5.29 Å². The molecule has 0 aliphatic heterocycles. The van der Waals surface area contributed by atoms with Crippen LogP contribution in [0.1, 0.15) is 13.8 Å². The third-order valence-corrected chi connectivity index (χ3v) is 0.860. The molecule has 0 rings (SSSR count). The van der Waals surface area contributed by atoms with Gasteiger partial charge >= 0.3 is 0 Å². The molecule has 4 nitrogen and oxygen atoms in total. The third kappa shape index (κ3) is 1.88. The van der Waals surface area contributed by atoms with Crippen LogP contribution in [-0.4, -0.2) is 22.9 Å². The van der Waals surface area contributed by atoms with Crippen LogP contribution >= 0.6 is 0 Å². The van der Waals surface area contributed by atoms with Crippen LogP contribution < -0.4 is 0 Å². The molecule has 0 amide bonds. The number of aliphatic hydroxyl groups is 1. The van der Waals surface area contributed by atoms with Crippen LogP contribution in [0, 0.1) is 4.91 Å². The van der Waals surface area contributed by atoms with E-state index < -0.39 is 6.23 Å². The van der Waals surface area contributed by atoms with Crippen molar-refractivity contribution in [1.82, 2.24) is 5.01 Å². The Bertz CT molecular complexity index is 74.4. The molecule has 0 spiro atoms. The SMILES string of the molecule is CCN(N=O)C(C)O. The fourth-order valence-electron chi connectivity index (χ4n) is 0.390. The monoisotopic (exact) mass is 118 g/mol. The average Bonchev–Trinajstić information content (AvgIpc) is 1.69. The number of rotatable bonds is 3. The molecule has 1 atom stereocenters. The Hall–Kier alpha value is -0.640. The number of hydrogen-bond donors (Lipinski definition) is 1. The van der Waals surface area contributed by atoms with Gasteiger partial charge in [-0.3, -0.25) is 0 Å². The summed E-state index contributed by atoms with van der Waals surface area (Å²) >= 11 is 0. The zero-order chi connectivity index (χ0) is 6.57. The third-order valence-electron chi connectivity index (χ3n) is 0.860. The van der Waals surface area contributed by atoms with Gasteiger partial charge in [-0.15, -0.1) is 4.91 Å². The standard InChI is InChI=1S/C4H10N2O2/c1-3-6(5-8)4(2)7/h4,7H,3H2,1-2H3. The van der Waals surface area contributed by atoms with Crippen LogP contribution in [0.25, 0.3) is 0 Å². The van der Waals surface area contributed by atoms with Gasteiger partial charge in [-0.1, -0.05) is 0 Å². The van der Waals surface area contributed by atoms with Crippen molar-refractivity contribution < 1.29 is 5.11 Å². The van der Waals surface area contributed by atoms with Crippen molar-refractivity contribution in [3.8, 4) is 0 Å². The summed E-state index contributed by atoms with van der Waals surface area (Å²) in [4.78, 5) is 9.69. The average molecular weight is 118 g/mol. The minimum absolute atomic E-state index is 0.446. The predicted molar refractivity (Wildman–Crippen MR) is 29.9 cm³/mol. The van der Waals surface area contributed by atoms with Crippen LogP contribution in [-0.2, 0) is 0 Å². The molecule has 0 aliphatic rings. The molecule has 0 saturated heterocycles. The van der Waals surface area contributed by atoms with Crippen LogP contribution in [0.4, 0.5) is 0 Å². The summed E-state index contributed by atoms with van der Waals surface area (Å²) in [5, 5.41) is 12.2. The van der Waals surface area contributed by atoms with Crippen molar-refractivity contribution in [3.63, 3.8) is 0 Å². The summed E-state index contributed by atoms with van der Waals surface area (Å²) in [5.74, 6) is 0. The van der Waals surface area contributed by atoms with Gasteiger partial charge in [0.1, 0.15) is 6.23 Å². The summed E-state index contributed by atoms with van der Waals surface area (Å²) in [5.41, 5.74) is 0. The van der Waals surface area contributed by atoms with Gasteiger partial charge in [0.25, 0.3) is 0 Å². The molecule has 1 N–H and O–H groups in total. The maximum atomic E-state index is 9.69. The van der Waals surface area contributed by atoms with E-state index in [9.17, 15) is 4.91 Å². The Labute approximate surface area is 48.1 Å². The largest absolute Gasteiger partial charge is 0.372 e. The van der Waals surface area contributed by atoms with E-state index in [1.54, 1.807) is 6.92 Å². The van der Waals surface area contributed by atoms with Gasteiger partial charge < -0.3 is 5.11 Å². The number of hydrogen-bond acceptors (Lipinski definition) is 3. The highest BCUT2D eigenvalue weighted by Crippen LogP contribution is 1.92. The quantitative estimate of drug-likeness (QED) is 0.330. The van der Waals surface area contributed by atoms with Crippen molar-refractivity contribution in [2.24, 2.45) is 5.29 Å². The van der Waals surface area contributed by atoms with E-state index in [4.69, 9.17) is 5.11 Å². The van der Waals surface area contributed by atoms with Crippen LogP contribution in [0.3, 0.4) is 0 Å². The van der Waals surface area contributed by atoms with Crippen LogP contribution in [0.5, 0.6) is 0 Å². The molecule has 48 valence electrons.